The van der Waals surface area contributed by atoms with E-state index >= 15 is 0 Å². The molecule has 1 aliphatic heterocycles. The van der Waals surface area contributed by atoms with E-state index in [1.165, 1.54) is 0 Å². The van der Waals surface area contributed by atoms with Gasteiger partial charge in [0.15, 0.2) is 0 Å². The highest BCUT2D eigenvalue weighted by Gasteiger charge is 2.24. The van der Waals surface area contributed by atoms with Crippen molar-refractivity contribution in [3.63, 3.8) is 0 Å². The van der Waals surface area contributed by atoms with Gasteiger partial charge in [-0.1, -0.05) is 0 Å². The molecule has 2 atom stereocenters. The van der Waals surface area contributed by atoms with E-state index in [0.29, 0.717) is 12.1 Å². The summed E-state index contributed by atoms with van der Waals surface area (Å²) in [4.78, 5) is 0. The third kappa shape index (κ3) is 2.03. The highest BCUT2D eigenvalue weighted by molar-refractivity contribution is 9.10. The van der Waals surface area contributed by atoms with Crippen LogP contribution in [0.3, 0.4) is 0 Å². The number of aryl methyl sites for hydroxylation is 1. The van der Waals surface area contributed by atoms with Crippen molar-refractivity contribution in [2.45, 2.75) is 38.8 Å². The highest BCUT2D eigenvalue weighted by atomic mass is 79.9. The van der Waals surface area contributed by atoms with Crippen LogP contribution in [0, 0.1) is 6.92 Å². The zero-order chi connectivity index (χ0) is 11.0. The maximum absolute atomic E-state index is 5.99. The van der Waals surface area contributed by atoms with Gasteiger partial charge in [0.1, 0.15) is 5.82 Å². The Morgan fingerprint density at radius 1 is 1.60 bits per heavy atom. The van der Waals surface area contributed by atoms with Crippen molar-refractivity contribution in [1.82, 2.24) is 9.78 Å². The standard InChI is InChI=1S/C10H16BrN3O/c1-6-5-8(3-4-15-6)14-10(12)9(11)7(2)13-14/h6,8H,3-5,12H2,1-2H3. The van der Waals surface area contributed by atoms with Gasteiger partial charge in [0, 0.05) is 6.61 Å². The summed E-state index contributed by atoms with van der Waals surface area (Å²) in [5.74, 6) is 0.728. The van der Waals surface area contributed by atoms with Gasteiger partial charge in [0.05, 0.1) is 22.3 Å². The van der Waals surface area contributed by atoms with Crippen LogP contribution in [0.4, 0.5) is 5.82 Å². The largest absolute Gasteiger partial charge is 0.383 e. The van der Waals surface area contributed by atoms with Crippen LogP contribution >= 0.6 is 15.9 Å². The van der Waals surface area contributed by atoms with Gasteiger partial charge in [-0.2, -0.15) is 5.10 Å². The molecule has 1 aliphatic rings. The number of ether oxygens (including phenoxy) is 1. The number of hydrogen-bond acceptors (Lipinski definition) is 3. The monoisotopic (exact) mass is 273 g/mol. The molecule has 0 amide bonds. The Hall–Kier alpha value is -0.550. The van der Waals surface area contributed by atoms with Gasteiger partial charge in [-0.3, -0.25) is 0 Å². The number of anilines is 1. The van der Waals surface area contributed by atoms with Crippen molar-refractivity contribution < 1.29 is 4.74 Å². The van der Waals surface area contributed by atoms with E-state index in [1.54, 1.807) is 0 Å². The Morgan fingerprint density at radius 2 is 2.33 bits per heavy atom. The van der Waals surface area contributed by atoms with Crippen molar-refractivity contribution in [3.8, 4) is 0 Å². The summed E-state index contributed by atoms with van der Waals surface area (Å²) >= 11 is 3.44. The van der Waals surface area contributed by atoms with Crippen LogP contribution in [-0.2, 0) is 4.74 Å². The number of nitrogens with zero attached hydrogens (tertiary/aromatic N) is 2. The Balaban J connectivity index is 2.25. The summed E-state index contributed by atoms with van der Waals surface area (Å²) in [5.41, 5.74) is 6.94. The lowest BCUT2D eigenvalue weighted by Gasteiger charge is -2.28. The van der Waals surface area contributed by atoms with Crippen molar-refractivity contribution in [2.75, 3.05) is 12.3 Å². The minimum Gasteiger partial charge on any atom is -0.383 e. The van der Waals surface area contributed by atoms with Gasteiger partial charge >= 0.3 is 0 Å². The van der Waals surface area contributed by atoms with Gasteiger partial charge in [-0.25, -0.2) is 4.68 Å². The maximum atomic E-state index is 5.99. The van der Waals surface area contributed by atoms with Crippen LogP contribution in [0.25, 0.3) is 0 Å². The fourth-order valence-electron chi connectivity index (χ4n) is 2.02. The zero-order valence-electron chi connectivity index (χ0n) is 9.03. The van der Waals surface area contributed by atoms with E-state index in [1.807, 2.05) is 11.6 Å². The first-order valence-electron chi connectivity index (χ1n) is 5.21. The van der Waals surface area contributed by atoms with Crippen LogP contribution in [0.1, 0.15) is 31.5 Å². The molecule has 84 valence electrons. The lowest BCUT2D eigenvalue weighted by Crippen LogP contribution is -2.26. The fraction of sp³-hybridized carbons (Fsp3) is 0.700. The molecule has 2 N–H and O–H groups in total. The quantitative estimate of drug-likeness (QED) is 0.854. The van der Waals surface area contributed by atoms with E-state index in [-0.39, 0.29) is 0 Å². The van der Waals surface area contributed by atoms with Gasteiger partial charge in [-0.05, 0) is 42.6 Å². The first-order valence-corrected chi connectivity index (χ1v) is 6.00. The number of hydrogen-bond donors (Lipinski definition) is 1. The predicted octanol–water partition coefficient (Wildman–Crippen LogP) is 2.28. The first kappa shape index (κ1) is 11.0. The second-order valence-electron chi connectivity index (χ2n) is 4.09. The van der Waals surface area contributed by atoms with Crippen molar-refractivity contribution in [3.05, 3.63) is 10.2 Å². The van der Waals surface area contributed by atoms with Crippen molar-refractivity contribution in [1.29, 1.82) is 0 Å². The molecule has 15 heavy (non-hydrogen) atoms. The highest BCUT2D eigenvalue weighted by Crippen LogP contribution is 2.31. The summed E-state index contributed by atoms with van der Waals surface area (Å²) in [7, 11) is 0. The molecule has 1 fully saturated rings. The molecule has 0 spiro atoms. The van der Waals surface area contributed by atoms with Gasteiger partial charge < -0.3 is 10.5 Å². The van der Waals surface area contributed by atoms with E-state index in [2.05, 4.69) is 28.0 Å². The summed E-state index contributed by atoms with van der Waals surface area (Å²) in [5, 5.41) is 4.46. The van der Waals surface area contributed by atoms with E-state index in [4.69, 9.17) is 10.5 Å². The molecule has 0 aromatic carbocycles. The summed E-state index contributed by atoms with van der Waals surface area (Å²) in [6.45, 7) is 4.84. The molecule has 2 heterocycles. The predicted molar refractivity (Wildman–Crippen MR) is 62.8 cm³/mol. The molecule has 2 unspecified atom stereocenters. The molecule has 0 bridgehead atoms. The number of halogens is 1. The maximum Gasteiger partial charge on any atom is 0.136 e. The Morgan fingerprint density at radius 3 is 2.87 bits per heavy atom. The second kappa shape index (κ2) is 4.14. The number of aromatic nitrogens is 2. The molecule has 1 aromatic heterocycles. The van der Waals surface area contributed by atoms with Crippen LogP contribution in [-0.4, -0.2) is 22.5 Å². The lowest BCUT2D eigenvalue weighted by molar-refractivity contribution is 0.00393. The molecular weight excluding hydrogens is 258 g/mol. The SMILES string of the molecule is Cc1nn(C2CCOC(C)C2)c(N)c1Br. The average Bonchev–Trinajstić information content (AvgIpc) is 2.46. The molecule has 0 aliphatic carbocycles. The lowest BCUT2D eigenvalue weighted by atomic mass is 10.0. The molecule has 1 saturated heterocycles. The van der Waals surface area contributed by atoms with E-state index < -0.39 is 0 Å². The topological polar surface area (TPSA) is 53.1 Å². The molecule has 4 nitrogen and oxygen atoms in total. The van der Waals surface area contributed by atoms with Gasteiger partial charge in [-0.15, -0.1) is 0 Å². The molecule has 2 rings (SSSR count). The Kier molecular flexibility index (Phi) is 3.02. The summed E-state index contributed by atoms with van der Waals surface area (Å²) in [6.07, 6.45) is 2.27. The van der Waals surface area contributed by atoms with E-state index in [0.717, 1.165) is 35.4 Å². The van der Waals surface area contributed by atoms with Crippen LogP contribution < -0.4 is 5.73 Å². The Labute approximate surface area is 97.9 Å². The average molecular weight is 274 g/mol. The van der Waals surface area contributed by atoms with Gasteiger partial charge in [0.2, 0.25) is 0 Å². The van der Waals surface area contributed by atoms with E-state index in [9.17, 15) is 0 Å². The third-order valence-corrected chi connectivity index (χ3v) is 3.83. The van der Waals surface area contributed by atoms with Gasteiger partial charge in [0.25, 0.3) is 0 Å². The number of nitrogen functional groups attached to an aromatic ring is 1. The molecule has 0 saturated carbocycles. The minimum atomic E-state index is 0.298. The van der Waals surface area contributed by atoms with Crippen molar-refractivity contribution in [2.24, 2.45) is 0 Å². The third-order valence-electron chi connectivity index (χ3n) is 2.85. The molecule has 1 aromatic rings. The number of nitrogens with two attached hydrogens (primary N) is 1. The van der Waals surface area contributed by atoms with Crippen molar-refractivity contribution >= 4 is 21.7 Å². The summed E-state index contributed by atoms with van der Waals surface area (Å²) < 4.78 is 8.36. The zero-order valence-corrected chi connectivity index (χ0v) is 10.6. The summed E-state index contributed by atoms with van der Waals surface area (Å²) in [6, 6.07) is 0.374. The molecular formula is C10H16BrN3O. The molecule has 5 heteroatoms. The normalized spacial score (nSPS) is 26.9. The van der Waals surface area contributed by atoms with Crippen LogP contribution in [0.2, 0.25) is 0 Å². The van der Waals surface area contributed by atoms with Crippen LogP contribution in [0.15, 0.2) is 4.47 Å². The number of rotatable bonds is 1. The smallest absolute Gasteiger partial charge is 0.136 e. The second-order valence-corrected chi connectivity index (χ2v) is 4.88. The minimum absolute atomic E-state index is 0.298. The molecule has 0 radical (unpaired) electrons. The first-order chi connectivity index (χ1) is 7.09. The Bertz CT molecular complexity index is 364. The van der Waals surface area contributed by atoms with Crippen LogP contribution in [0.5, 0.6) is 0 Å². The fourth-order valence-corrected chi connectivity index (χ4v) is 2.28.